The summed E-state index contributed by atoms with van der Waals surface area (Å²) in [5, 5.41) is 12.1. The fourth-order valence-corrected chi connectivity index (χ4v) is 3.27. The molecule has 2 amide bonds. The van der Waals surface area contributed by atoms with E-state index < -0.39 is 0 Å². The van der Waals surface area contributed by atoms with E-state index in [2.05, 4.69) is 11.4 Å². The van der Waals surface area contributed by atoms with Crippen LogP contribution < -0.4 is 5.32 Å². The van der Waals surface area contributed by atoms with Crippen LogP contribution in [-0.4, -0.2) is 29.8 Å². The van der Waals surface area contributed by atoms with Crippen molar-refractivity contribution < 1.29 is 9.59 Å². The molecule has 0 aliphatic carbocycles. The smallest absolute Gasteiger partial charge is 0.252 e. The first-order valence-corrected chi connectivity index (χ1v) is 9.82. The molecular formula is C25H23N3O2. The van der Waals surface area contributed by atoms with Crippen LogP contribution in [-0.2, 0) is 11.3 Å². The molecule has 0 saturated heterocycles. The standard InChI is InChI=1S/C25H23N3O2/c1-2-28(18-19-10-4-3-5-11-19)24(29)17-27-25(30)23-15-9-8-14-22(23)21-13-7-6-12-20(21)16-26/h3-15H,2,17-18H2,1H3,(H,27,30). The first-order valence-electron chi connectivity index (χ1n) is 9.82. The predicted octanol–water partition coefficient (Wildman–Crippen LogP) is 4.00. The monoisotopic (exact) mass is 397 g/mol. The van der Waals surface area contributed by atoms with E-state index in [4.69, 9.17) is 0 Å². The molecule has 0 radical (unpaired) electrons. The fraction of sp³-hybridized carbons (Fsp3) is 0.160. The van der Waals surface area contributed by atoms with Crippen molar-refractivity contribution in [1.29, 1.82) is 5.26 Å². The Labute approximate surface area is 176 Å². The summed E-state index contributed by atoms with van der Waals surface area (Å²) in [6.07, 6.45) is 0. The van der Waals surface area contributed by atoms with Crippen LogP contribution in [0.5, 0.6) is 0 Å². The summed E-state index contributed by atoms with van der Waals surface area (Å²) in [6.45, 7) is 2.87. The number of rotatable bonds is 7. The Balaban J connectivity index is 1.72. The number of hydrogen-bond acceptors (Lipinski definition) is 3. The molecule has 5 nitrogen and oxygen atoms in total. The van der Waals surface area contributed by atoms with Gasteiger partial charge >= 0.3 is 0 Å². The van der Waals surface area contributed by atoms with Gasteiger partial charge in [0.1, 0.15) is 0 Å². The summed E-state index contributed by atoms with van der Waals surface area (Å²) in [5.74, 6) is -0.493. The van der Waals surface area contributed by atoms with Crippen molar-refractivity contribution in [2.75, 3.05) is 13.1 Å². The molecule has 0 heterocycles. The minimum atomic E-state index is -0.345. The van der Waals surface area contributed by atoms with Crippen molar-refractivity contribution in [2.24, 2.45) is 0 Å². The van der Waals surface area contributed by atoms with Crippen molar-refractivity contribution in [2.45, 2.75) is 13.5 Å². The number of hydrogen-bond donors (Lipinski definition) is 1. The number of nitriles is 1. The molecule has 150 valence electrons. The maximum atomic E-state index is 12.8. The lowest BCUT2D eigenvalue weighted by atomic mass is 9.95. The van der Waals surface area contributed by atoms with Gasteiger partial charge in [0.05, 0.1) is 18.2 Å². The third-order valence-corrected chi connectivity index (χ3v) is 4.86. The fourth-order valence-electron chi connectivity index (χ4n) is 3.27. The maximum absolute atomic E-state index is 12.8. The van der Waals surface area contributed by atoms with Crippen molar-refractivity contribution >= 4 is 11.8 Å². The lowest BCUT2D eigenvalue weighted by molar-refractivity contribution is -0.130. The SMILES string of the molecule is CCN(Cc1ccccc1)C(=O)CNC(=O)c1ccccc1-c1ccccc1C#N. The van der Waals surface area contributed by atoms with Crippen LogP contribution >= 0.6 is 0 Å². The molecule has 0 aliphatic rings. The quantitative estimate of drug-likeness (QED) is 0.655. The Morgan fingerprint density at radius 3 is 2.23 bits per heavy atom. The van der Waals surface area contributed by atoms with Crippen LogP contribution in [0.2, 0.25) is 0 Å². The topological polar surface area (TPSA) is 73.2 Å². The Morgan fingerprint density at radius 2 is 1.53 bits per heavy atom. The summed E-state index contributed by atoms with van der Waals surface area (Å²) in [7, 11) is 0. The van der Waals surface area contributed by atoms with Gasteiger partial charge in [0.25, 0.3) is 5.91 Å². The van der Waals surface area contributed by atoms with Gasteiger partial charge in [-0.2, -0.15) is 5.26 Å². The van der Waals surface area contributed by atoms with Crippen molar-refractivity contribution in [1.82, 2.24) is 10.2 Å². The second-order valence-corrected chi connectivity index (χ2v) is 6.78. The third kappa shape index (κ3) is 4.92. The van der Waals surface area contributed by atoms with E-state index in [1.807, 2.05) is 55.5 Å². The second-order valence-electron chi connectivity index (χ2n) is 6.78. The van der Waals surface area contributed by atoms with Crippen LogP contribution in [0.15, 0.2) is 78.9 Å². The Kier molecular flexibility index (Phi) is 6.96. The van der Waals surface area contributed by atoms with Crippen LogP contribution in [0.3, 0.4) is 0 Å². The average Bonchev–Trinajstić information content (AvgIpc) is 2.81. The molecule has 0 atom stereocenters. The highest BCUT2D eigenvalue weighted by molar-refractivity contribution is 6.02. The highest BCUT2D eigenvalue weighted by Gasteiger charge is 2.17. The van der Waals surface area contributed by atoms with Gasteiger partial charge in [-0.15, -0.1) is 0 Å². The van der Waals surface area contributed by atoms with Gasteiger partial charge in [0.15, 0.2) is 0 Å². The number of benzene rings is 3. The van der Waals surface area contributed by atoms with Gasteiger partial charge in [0, 0.05) is 24.2 Å². The molecule has 5 heteroatoms. The van der Waals surface area contributed by atoms with E-state index >= 15 is 0 Å². The summed E-state index contributed by atoms with van der Waals surface area (Å²) in [5.41, 5.74) is 3.32. The molecule has 1 N–H and O–H groups in total. The summed E-state index contributed by atoms with van der Waals surface area (Å²) < 4.78 is 0. The molecule has 3 aromatic rings. The van der Waals surface area contributed by atoms with Gasteiger partial charge in [0.2, 0.25) is 5.91 Å². The van der Waals surface area contributed by atoms with Crippen molar-refractivity contribution in [3.8, 4) is 17.2 Å². The largest absolute Gasteiger partial charge is 0.343 e. The van der Waals surface area contributed by atoms with E-state index in [9.17, 15) is 14.9 Å². The van der Waals surface area contributed by atoms with Crippen LogP contribution in [0.1, 0.15) is 28.4 Å². The van der Waals surface area contributed by atoms with E-state index in [1.54, 1.807) is 35.2 Å². The minimum Gasteiger partial charge on any atom is -0.343 e. The molecule has 3 aromatic carbocycles. The molecular weight excluding hydrogens is 374 g/mol. The predicted molar refractivity (Wildman–Crippen MR) is 116 cm³/mol. The normalized spacial score (nSPS) is 10.1. The molecule has 0 bridgehead atoms. The highest BCUT2D eigenvalue weighted by atomic mass is 16.2. The number of nitrogens with one attached hydrogen (secondary N) is 1. The molecule has 0 aliphatic heterocycles. The lowest BCUT2D eigenvalue weighted by Crippen LogP contribution is -2.39. The first-order chi connectivity index (χ1) is 14.6. The average molecular weight is 397 g/mol. The van der Waals surface area contributed by atoms with Crippen LogP contribution in [0.25, 0.3) is 11.1 Å². The van der Waals surface area contributed by atoms with Crippen LogP contribution in [0.4, 0.5) is 0 Å². The zero-order chi connectivity index (χ0) is 21.3. The highest BCUT2D eigenvalue weighted by Crippen LogP contribution is 2.26. The Morgan fingerprint density at radius 1 is 0.900 bits per heavy atom. The Hall–Kier alpha value is -3.91. The van der Waals surface area contributed by atoms with Gasteiger partial charge in [-0.25, -0.2) is 0 Å². The van der Waals surface area contributed by atoms with E-state index in [-0.39, 0.29) is 18.4 Å². The zero-order valence-corrected chi connectivity index (χ0v) is 16.8. The summed E-state index contributed by atoms with van der Waals surface area (Å²) in [6, 6.07) is 26.2. The number of carbonyl (C=O) groups is 2. The van der Waals surface area contributed by atoms with Gasteiger partial charge < -0.3 is 10.2 Å². The third-order valence-electron chi connectivity index (χ3n) is 4.86. The number of nitrogens with zero attached hydrogens (tertiary/aromatic N) is 2. The molecule has 3 rings (SSSR count). The summed E-state index contributed by atoms with van der Waals surface area (Å²) >= 11 is 0. The molecule has 0 spiro atoms. The summed E-state index contributed by atoms with van der Waals surface area (Å²) in [4.78, 5) is 27.2. The number of likely N-dealkylation sites (N-methyl/N-ethyl adjacent to an activating group) is 1. The van der Waals surface area contributed by atoms with Crippen molar-refractivity contribution in [3.63, 3.8) is 0 Å². The van der Waals surface area contributed by atoms with E-state index in [1.165, 1.54) is 0 Å². The number of amides is 2. The molecule has 30 heavy (non-hydrogen) atoms. The minimum absolute atomic E-state index is 0.0895. The van der Waals surface area contributed by atoms with Gasteiger partial charge in [-0.05, 0) is 30.2 Å². The zero-order valence-electron chi connectivity index (χ0n) is 16.8. The lowest BCUT2D eigenvalue weighted by Gasteiger charge is -2.21. The van der Waals surface area contributed by atoms with Gasteiger partial charge in [-0.1, -0.05) is 66.7 Å². The molecule has 0 aromatic heterocycles. The van der Waals surface area contributed by atoms with Gasteiger partial charge in [-0.3, -0.25) is 9.59 Å². The van der Waals surface area contributed by atoms with Crippen molar-refractivity contribution in [3.05, 3.63) is 95.6 Å². The first kappa shape index (κ1) is 20.8. The number of carbonyl (C=O) groups excluding carboxylic acids is 2. The Bertz CT molecular complexity index is 1070. The molecule has 0 saturated carbocycles. The maximum Gasteiger partial charge on any atom is 0.252 e. The van der Waals surface area contributed by atoms with E-state index in [0.717, 1.165) is 5.56 Å². The molecule has 0 fully saturated rings. The van der Waals surface area contributed by atoms with E-state index in [0.29, 0.717) is 35.3 Å². The second kappa shape index (κ2) is 10.0. The molecule has 0 unspecified atom stereocenters. The van der Waals surface area contributed by atoms with Crippen LogP contribution in [0, 0.1) is 11.3 Å².